The third-order valence-electron chi connectivity index (χ3n) is 5.71. The highest BCUT2D eigenvalue weighted by Gasteiger charge is 2.38. The highest BCUT2D eigenvalue weighted by Crippen LogP contribution is 2.27. The molecule has 4 heteroatoms. The number of piperidine rings is 2. The summed E-state index contributed by atoms with van der Waals surface area (Å²) in [6, 6.07) is 20.0. The van der Waals surface area contributed by atoms with Gasteiger partial charge >= 0.3 is 5.97 Å². The minimum atomic E-state index is -0.343. The molecule has 0 amide bonds. The Morgan fingerprint density at radius 2 is 1.54 bits per heavy atom. The van der Waals surface area contributed by atoms with E-state index < -0.39 is 0 Å². The molecule has 2 aliphatic rings. The van der Waals surface area contributed by atoms with Crippen molar-refractivity contribution in [3.8, 4) is 0 Å². The van der Waals surface area contributed by atoms with E-state index in [0.29, 0.717) is 0 Å². The van der Waals surface area contributed by atoms with Crippen molar-refractivity contribution in [2.24, 2.45) is 5.92 Å². The van der Waals surface area contributed by atoms with Gasteiger partial charge in [-0.05, 0) is 30.4 Å². The molecule has 2 aromatic rings. The number of quaternary nitrogens is 1. The first-order valence-electron chi connectivity index (χ1n) is 9.46. The van der Waals surface area contributed by atoms with Crippen LogP contribution >= 0.6 is 0 Å². The average molecular weight is 372 g/mol. The van der Waals surface area contributed by atoms with Crippen molar-refractivity contribution in [1.29, 1.82) is 0 Å². The molecule has 0 aromatic heterocycles. The van der Waals surface area contributed by atoms with Gasteiger partial charge in [-0.15, -0.1) is 0 Å². The number of hydrogen-bond acceptors (Lipinski definition) is 2. The van der Waals surface area contributed by atoms with E-state index in [0.717, 1.165) is 30.0 Å². The molecule has 2 aliphatic heterocycles. The molecule has 2 aromatic carbocycles. The van der Waals surface area contributed by atoms with Crippen LogP contribution in [-0.4, -0.2) is 25.3 Å². The van der Waals surface area contributed by atoms with Crippen molar-refractivity contribution < 1.29 is 26.8 Å². The van der Waals surface area contributed by atoms with E-state index in [4.69, 9.17) is 4.74 Å². The molecule has 2 heterocycles. The van der Waals surface area contributed by atoms with Gasteiger partial charge in [0.1, 0.15) is 5.92 Å². The van der Waals surface area contributed by atoms with Crippen molar-refractivity contribution in [1.82, 2.24) is 0 Å². The van der Waals surface area contributed by atoms with Crippen LogP contribution in [0.4, 0.5) is 0 Å². The average Bonchev–Trinajstić information content (AvgIpc) is 2.66. The zero-order valence-electron chi connectivity index (χ0n) is 14.9. The number of ether oxygens (including phenoxy) is 1. The van der Waals surface area contributed by atoms with E-state index in [-0.39, 0.29) is 30.5 Å². The first kappa shape index (κ1) is 18.9. The summed E-state index contributed by atoms with van der Waals surface area (Å²) in [6.45, 7) is 2.30. The fourth-order valence-corrected chi connectivity index (χ4v) is 4.43. The Morgan fingerprint density at radius 1 is 0.923 bits per heavy atom. The normalized spacial score (nSPS) is 24.6. The minimum Gasteiger partial charge on any atom is -1.00 e. The van der Waals surface area contributed by atoms with Crippen molar-refractivity contribution >= 4 is 5.97 Å². The fraction of sp³-hybridized carbons (Fsp3) is 0.409. The third-order valence-corrected chi connectivity index (χ3v) is 5.71. The molecule has 1 N–H and O–H groups in total. The van der Waals surface area contributed by atoms with Gasteiger partial charge in [0, 0.05) is 12.3 Å². The van der Waals surface area contributed by atoms with Gasteiger partial charge in [-0.1, -0.05) is 60.7 Å². The van der Waals surface area contributed by atoms with Crippen LogP contribution in [0.1, 0.15) is 42.7 Å². The Morgan fingerprint density at radius 3 is 2.15 bits per heavy atom. The molecule has 2 bridgehead atoms. The summed E-state index contributed by atoms with van der Waals surface area (Å²) in [5.74, 6) is 0.376. The lowest BCUT2D eigenvalue weighted by molar-refractivity contribution is -0.959. The zero-order chi connectivity index (χ0) is 17.1. The molecule has 0 radical (unpaired) electrons. The Hall–Kier alpha value is -1.84. The molecule has 4 rings (SSSR count). The van der Waals surface area contributed by atoms with Crippen LogP contribution in [0, 0.1) is 5.92 Å². The lowest BCUT2D eigenvalue weighted by atomic mass is 9.88. The van der Waals surface area contributed by atoms with E-state index >= 15 is 0 Å². The Labute approximate surface area is 161 Å². The van der Waals surface area contributed by atoms with Gasteiger partial charge in [-0.3, -0.25) is 9.69 Å². The largest absolute Gasteiger partial charge is 1.00 e. The third kappa shape index (κ3) is 4.11. The smallest absolute Gasteiger partial charge is 0.322 e. The second-order valence-electron chi connectivity index (χ2n) is 7.38. The predicted octanol–water partition coefficient (Wildman–Crippen LogP) is -0.219. The molecular formula is C22H26ClNO2. The number of fused-ring (bicyclic) bond motifs is 2. The van der Waals surface area contributed by atoms with Gasteiger partial charge in [-0.25, -0.2) is 0 Å². The second-order valence-corrected chi connectivity index (χ2v) is 7.38. The van der Waals surface area contributed by atoms with Gasteiger partial charge < -0.3 is 17.1 Å². The predicted molar refractivity (Wildman–Crippen MR) is 97.3 cm³/mol. The van der Waals surface area contributed by atoms with E-state index in [1.807, 2.05) is 60.7 Å². The molecule has 0 aliphatic carbocycles. The van der Waals surface area contributed by atoms with Crippen LogP contribution in [0.25, 0.3) is 0 Å². The van der Waals surface area contributed by atoms with Crippen LogP contribution in [0.15, 0.2) is 60.7 Å². The first-order chi connectivity index (χ1) is 12.3. The summed E-state index contributed by atoms with van der Waals surface area (Å²) in [4.78, 5) is 14.6. The number of rotatable bonds is 4. The molecule has 3 nitrogen and oxygen atoms in total. The number of hydrogen-bond donors (Lipinski definition) is 1. The van der Waals surface area contributed by atoms with E-state index in [1.54, 1.807) is 0 Å². The second kappa shape index (κ2) is 8.70. The van der Waals surface area contributed by atoms with Crippen LogP contribution in [-0.2, 0) is 9.53 Å². The highest BCUT2D eigenvalue weighted by molar-refractivity contribution is 5.82. The molecule has 2 fully saturated rings. The molecule has 2 saturated heterocycles. The topological polar surface area (TPSA) is 30.7 Å². The van der Waals surface area contributed by atoms with Crippen molar-refractivity contribution in [3.63, 3.8) is 0 Å². The standard InChI is InChI=1S/C22H25NO2.ClH/c24-22(25-20-14-13-17-8-7-15-23(20)16-17)21(18-9-3-1-4-10-18)19-11-5-2-6-12-19;/h1-6,9-12,17,20-21H,7-8,13-16H2;1H. The maximum atomic E-state index is 13.1. The number of carbonyl (C=O) groups is 1. The number of esters is 1. The lowest BCUT2D eigenvalue weighted by Crippen LogP contribution is -3.18. The monoisotopic (exact) mass is 371 g/mol. The maximum Gasteiger partial charge on any atom is 0.322 e. The molecule has 0 saturated carbocycles. The van der Waals surface area contributed by atoms with Crippen LogP contribution in [0.2, 0.25) is 0 Å². The Bertz CT molecular complexity index is 667. The molecular weight excluding hydrogens is 346 g/mol. The van der Waals surface area contributed by atoms with Gasteiger partial charge in [0.2, 0.25) is 6.23 Å². The lowest BCUT2D eigenvalue weighted by Gasteiger charge is -2.39. The van der Waals surface area contributed by atoms with Crippen molar-refractivity contribution in [3.05, 3.63) is 71.8 Å². The summed E-state index contributed by atoms with van der Waals surface area (Å²) in [5, 5.41) is 0. The number of halogens is 1. The number of nitrogens with one attached hydrogen (secondary N) is 1. The zero-order valence-corrected chi connectivity index (χ0v) is 15.7. The highest BCUT2D eigenvalue weighted by atomic mass is 35.5. The van der Waals surface area contributed by atoms with Gasteiger partial charge in [-0.2, -0.15) is 0 Å². The number of carbonyl (C=O) groups excluding carboxylic acids is 1. The van der Waals surface area contributed by atoms with E-state index in [1.165, 1.54) is 30.7 Å². The maximum absolute atomic E-state index is 13.1. The summed E-state index contributed by atoms with van der Waals surface area (Å²) < 4.78 is 6.07. The van der Waals surface area contributed by atoms with Gasteiger partial charge in [0.05, 0.1) is 13.1 Å². The van der Waals surface area contributed by atoms with Crippen molar-refractivity contribution in [2.45, 2.75) is 37.8 Å². The van der Waals surface area contributed by atoms with E-state index in [9.17, 15) is 4.79 Å². The first-order valence-corrected chi connectivity index (χ1v) is 9.46. The summed E-state index contributed by atoms with van der Waals surface area (Å²) >= 11 is 0. The Kier molecular flexibility index (Phi) is 6.33. The molecule has 138 valence electrons. The van der Waals surface area contributed by atoms with Crippen LogP contribution in [0.5, 0.6) is 0 Å². The quantitative estimate of drug-likeness (QED) is 0.753. The molecule has 3 unspecified atom stereocenters. The molecule has 26 heavy (non-hydrogen) atoms. The minimum absolute atomic E-state index is 0. The van der Waals surface area contributed by atoms with Gasteiger partial charge in [0.25, 0.3) is 0 Å². The summed E-state index contributed by atoms with van der Waals surface area (Å²) in [6.07, 6.45) is 4.83. The van der Waals surface area contributed by atoms with Crippen LogP contribution in [0.3, 0.4) is 0 Å². The van der Waals surface area contributed by atoms with Crippen LogP contribution < -0.4 is 17.3 Å². The fourth-order valence-electron chi connectivity index (χ4n) is 4.43. The molecule has 3 atom stereocenters. The summed E-state index contributed by atoms with van der Waals surface area (Å²) in [5.41, 5.74) is 2.00. The Balaban J connectivity index is 0.00000196. The van der Waals surface area contributed by atoms with Gasteiger partial charge in [0.15, 0.2) is 0 Å². The summed E-state index contributed by atoms with van der Waals surface area (Å²) in [7, 11) is 0. The van der Waals surface area contributed by atoms with E-state index in [2.05, 4.69) is 0 Å². The SMILES string of the molecule is O=C(OC1CCC2CCC[NH+]1C2)C(c1ccccc1)c1ccccc1.[Cl-]. The number of benzene rings is 2. The van der Waals surface area contributed by atoms with Crippen molar-refractivity contribution in [2.75, 3.05) is 13.1 Å². The molecule has 0 spiro atoms.